The second kappa shape index (κ2) is 9.54. The summed E-state index contributed by atoms with van der Waals surface area (Å²) in [5, 5.41) is 3.47. The fourth-order valence-electron chi connectivity index (χ4n) is 3.56. The number of pyridine rings is 1. The van der Waals surface area contributed by atoms with Crippen LogP contribution in [0, 0.1) is 6.92 Å². The Morgan fingerprint density at radius 2 is 1.88 bits per heavy atom. The highest BCUT2D eigenvalue weighted by Gasteiger charge is 2.27. The maximum atomic E-state index is 13.0. The Labute approximate surface area is 192 Å². The summed E-state index contributed by atoms with van der Waals surface area (Å²) in [4.78, 5) is 17.1. The van der Waals surface area contributed by atoms with Gasteiger partial charge in [-0.3, -0.25) is 9.78 Å². The van der Waals surface area contributed by atoms with Gasteiger partial charge in [-0.2, -0.15) is 4.31 Å². The van der Waals surface area contributed by atoms with Crippen molar-refractivity contribution in [2.75, 3.05) is 32.8 Å². The summed E-state index contributed by atoms with van der Waals surface area (Å²) in [6.45, 7) is 3.80. The number of aromatic nitrogens is 1. The van der Waals surface area contributed by atoms with Crippen LogP contribution in [-0.2, 0) is 21.2 Å². The fourth-order valence-corrected chi connectivity index (χ4v) is 5.29. The van der Waals surface area contributed by atoms with Crippen LogP contribution in [0.1, 0.15) is 21.5 Å². The smallest absolute Gasteiger partial charge is 0.254 e. The number of hydrogen-bond acceptors (Lipinski definition) is 5. The van der Waals surface area contributed by atoms with Crippen LogP contribution in [0.25, 0.3) is 10.9 Å². The van der Waals surface area contributed by atoms with E-state index in [-0.39, 0.29) is 21.4 Å². The number of ether oxygens (including phenoxy) is 1. The third kappa shape index (κ3) is 4.78. The van der Waals surface area contributed by atoms with Gasteiger partial charge < -0.3 is 10.1 Å². The molecule has 1 aromatic heterocycles. The first-order valence-electron chi connectivity index (χ1n) is 10.4. The van der Waals surface area contributed by atoms with Crippen LogP contribution >= 0.6 is 11.6 Å². The molecule has 4 rings (SSSR count). The fraction of sp³-hybridized carbons (Fsp3) is 0.304. The molecular weight excluding hydrogens is 450 g/mol. The summed E-state index contributed by atoms with van der Waals surface area (Å²) in [6.07, 6.45) is 2.11. The Morgan fingerprint density at radius 1 is 1.16 bits per heavy atom. The predicted octanol–water partition coefficient (Wildman–Crippen LogP) is 3.19. The molecule has 168 valence electrons. The number of sulfonamides is 1. The van der Waals surface area contributed by atoms with E-state index < -0.39 is 10.0 Å². The van der Waals surface area contributed by atoms with Gasteiger partial charge in [0, 0.05) is 31.2 Å². The molecule has 0 unspecified atom stereocenters. The summed E-state index contributed by atoms with van der Waals surface area (Å²) in [5.41, 5.74) is 3.04. The van der Waals surface area contributed by atoms with E-state index in [1.54, 1.807) is 6.07 Å². The minimum absolute atomic E-state index is 0.118. The number of aryl methyl sites for hydroxylation is 1. The average molecular weight is 474 g/mol. The number of amides is 1. The second-order valence-electron chi connectivity index (χ2n) is 7.67. The standard InChI is InChI=1S/C23H24ClN3O4S/c1-16-2-4-17(5-3-16)8-9-25-23(28)20-15-26-21-7-6-18(14-19(21)22(20)24)32(29,30)27-10-12-31-13-11-27/h2-7,14-15H,8-13H2,1H3,(H,25,28). The first-order chi connectivity index (χ1) is 15.4. The third-order valence-corrected chi connectivity index (χ3v) is 7.75. The first-order valence-corrected chi connectivity index (χ1v) is 12.2. The van der Waals surface area contributed by atoms with E-state index in [4.69, 9.17) is 16.3 Å². The van der Waals surface area contributed by atoms with Gasteiger partial charge in [0.05, 0.1) is 34.2 Å². The highest BCUT2D eigenvalue weighted by molar-refractivity contribution is 7.89. The Kier molecular flexibility index (Phi) is 6.76. The molecule has 1 saturated heterocycles. The van der Waals surface area contributed by atoms with Crippen molar-refractivity contribution in [1.29, 1.82) is 0 Å². The van der Waals surface area contributed by atoms with Gasteiger partial charge in [-0.25, -0.2) is 8.42 Å². The van der Waals surface area contributed by atoms with Gasteiger partial charge >= 0.3 is 0 Å². The zero-order valence-corrected chi connectivity index (χ0v) is 19.2. The van der Waals surface area contributed by atoms with Crippen molar-refractivity contribution < 1.29 is 17.9 Å². The minimum Gasteiger partial charge on any atom is -0.379 e. The molecule has 3 aromatic rings. The number of morpholine rings is 1. The van der Waals surface area contributed by atoms with Gasteiger partial charge in [0.15, 0.2) is 0 Å². The molecule has 1 fully saturated rings. The molecule has 7 nitrogen and oxygen atoms in total. The number of fused-ring (bicyclic) bond motifs is 1. The SMILES string of the molecule is Cc1ccc(CCNC(=O)c2cnc3ccc(S(=O)(=O)N4CCOCC4)cc3c2Cl)cc1. The maximum Gasteiger partial charge on any atom is 0.254 e. The zero-order chi connectivity index (χ0) is 22.7. The zero-order valence-electron chi connectivity index (χ0n) is 17.7. The lowest BCUT2D eigenvalue weighted by Gasteiger charge is -2.26. The molecule has 0 atom stereocenters. The Morgan fingerprint density at radius 3 is 2.59 bits per heavy atom. The van der Waals surface area contributed by atoms with Crippen molar-refractivity contribution >= 4 is 38.4 Å². The summed E-state index contributed by atoms with van der Waals surface area (Å²) in [6, 6.07) is 12.7. The molecule has 1 amide bonds. The van der Waals surface area contributed by atoms with Crippen LogP contribution in [0.15, 0.2) is 53.6 Å². The van der Waals surface area contributed by atoms with Gasteiger partial charge in [-0.1, -0.05) is 41.4 Å². The van der Waals surface area contributed by atoms with Crippen molar-refractivity contribution in [1.82, 2.24) is 14.6 Å². The van der Waals surface area contributed by atoms with Crippen molar-refractivity contribution in [3.63, 3.8) is 0 Å². The van der Waals surface area contributed by atoms with E-state index in [2.05, 4.69) is 10.3 Å². The number of carbonyl (C=O) groups is 1. The molecule has 2 aromatic carbocycles. The average Bonchev–Trinajstić information content (AvgIpc) is 2.81. The van der Waals surface area contributed by atoms with Crippen molar-refractivity contribution in [2.24, 2.45) is 0 Å². The summed E-state index contributed by atoms with van der Waals surface area (Å²) in [7, 11) is -3.68. The number of nitrogens with one attached hydrogen (secondary N) is 1. The van der Waals surface area contributed by atoms with E-state index >= 15 is 0 Å². The molecule has 9 heteroatoms. The molecule has 2 heterocycles. The molecule has 0 radical (unpaired) electrons. The Balaban J connectivity index is 1.54. The minimum atomic E-state index is -3.68. The molecule has 1 aliphatic heterocycles. The number of benzene rings is 2. The molecular formula is C23H24ClN3O4S. The molecule has 1 aliphatic rings. The van der Waals surface area contributed by atoms with Crippen LogP contribution in [0.3, 0.4) is 0 Å². The summed E-state index contributed by atoms with van der Waals surface area (Å²) >= 11 is 6.53. The van der Waals surface area contributed by atoms with E-state index in [0.717, 1.165) is 5.56 Å². The summed E-state index contributed by atoms with van der Waals surface area (Å²) < 4.78 is 32.6. The van der Waals surface area contributed by atoms with Crippen LogP contribution < -0.4 is 5.32 Å². The van der Waals surface area contributed by atoms with E-state index in [1.807, 2.05) is 31.2 Å². The number of hydrogen-bond donors (Lipinski definition) is 1. The lowest BCUT2D eigenvalue weighted by atomic mass is 10.1. The Hall–Kier alpha value is -2.52. The largest absolute Gasteiger partial charge is 0.379 e. The van der Waals surface area contributed by atoms with E-state index in [9.17, 15) is 13.2 Å². The maximum absolute atomic E-state index is 13.0. The van der Waals surface area contributed by atoms with Crippen LogP contribution in [0.5, 0.6) is 0 Å². The number of halogens is 1. The van der Waals surface area contributed by atoms with Crippen LogP contribution in [-0.4, -0.2) is 56.5 Å². The van der Waals surface area contributed by atoms with Crippen LogP contribution in [0.4, 0.5) is 0 Å². The highest BCUT2D eigenvalue weighted by atomic mass is 35.5. The quantitative estimate of drug-likeness (QED) is 0.594. The molecule has 1 N–H and O–H groups in total. The lowest BCUT2D eigenvalue weighted by Crippen LogP contribution is -2.40. The topological polar surface area (TPSA) is 88.6 Å². The van der Waals surface area contributed by atoms with Gasteiger partial charge in [0.2, 0.25) is 10.0 Å². The molecule has 32 heavy (non-hydrogen) atoms. The van der Waals surface area contributed by atoms with Crippen LogP contribution in [0.2, 0.25) is 5.02 Å². The lowest BCUT2D eigenvalue weighted by molar-refractivity contribution is 0.0730. The molecule has 0 spiro atoms. The van der Waals surface area contributed by atoms with E-state index in [1.165, 1.54) is 28.2 Å². The van der Waals surface area contributed by atoms with Crippen molar-refractivity contribution in [3.8, 4) is 0 Å². The van der Waals surface area contributed by atoms with Crippen molar-refractivity contribution in [2.45, 2.75) is 18.2 Å². The van der Waals surface area contributed by atoms with Gasteiger partial charge in [-0.05, 0) is 37.1 Å². The van der Waals surface area contributed by atoms with Gasteiger partial charge in [-0.15, -0.1) is 0 Å². The van der Waals surface area contributed by atoms with Crippen molar-refractivity contribution in [3.05, 3.63) is 70.4 Å². The number of nitrogens with zero attached hydrogens (tertiary/aromatic N) is 2. The highest BCUT2D eigenvalue weighted by Crippen LogP contribution is 2.29. The number of rotatable bonds is 6. The molecule has 0 bridgehead atoms. The second-order valence-corrected chi connectivity index (χ2v) is 9.99. The van der Waals surface area contributed by atoms with E-state index in [0.29, 0.717) is 50.2 Å². The first kappa shape index (κ1) is 22.7. The molecule has 0 saturated carbocycles. The third-order valence-electron chi connectivity index (χ3n) is 5.45. The normalized spacial score (nSPS) is 15.1. The van der Waals surface area contributed by atoms with Gasteiger partial charge in [0.1, 0.15) is 0 Å². The molecule has 0 aliphatic carbocycles. The number of carbonyl (C=O) groups excluding carboxylic acids is 1. The Bertz CT molecular complexity index is 1240. The predicted molar refractivity (Wildman–Crippen MR) is 124 cm³/mol. The monoisotopic (exact) mass is 473 g/mol. The van der Waals surface area contributed by atoms with Gasteiger partial charge in [0.25, 0.3) is 5.91 Å². The summed E-state index contributed by atoms with van der Waals surface area (Å²) in [5.74, 6) is -0.349.